The zero-order chi connectivity index (χ0) is 13.5. The zero-order valence-electron chi connectivity index (χ0n) is 7.60. The van der Waals surface area contributed by atoms with E-state index in [-0.39, 0.29) is 49.5 Å². The normalized spacial score (nSPS) is 9.83. The number of halogens is 1. The van der Waals surface area contributed by atoms with E-state index in [4.69, 9.17) is 57.7 Å². The second-order valence-electron chi connectivity index (χ2n) is 1.34. The van der Waals surface area contributed by atoms with E-state index >= 15 is 0 Å². The van der Waals surface area contributed by atoms with Crippen LogP contribution in [0.25, 0.3) is 0 Å². The maximum absolute atomic E-state index is 8.55. The predicted octanol–water partition coefficient (Wildman–Crippen LogP) is -8.33. The molecule has 12 nitrogen and oxygen atoms in total. The Morgan fingerprint density at radius 3 is 0.500 bits per heavy atom. The van der Waals surface area contributed by atoms with Gasteiger partial charge in [-0.25, -0.2) is 0 Å². The zero-order valence-corrected chi connectivity index (χ0v) is 14.1. The molecule has 0 atom stereocenters. The smallest absolute Gasteiger partial charge is 0.822 e. The van der Waals surface area contributed by atoms with E-state index in [0.29, 0.717) is 0 Å². The molecule has 0 rings (SSSR count). The van der Waals surface area contributed by atoms with Gasteiger partial charge in [-0.1, -0.05) is 0 Å². The maximum Gasteiger partial charge on any atom is 4.00 e. The van der Waals surface area contributed by atoms with Crippen molar-refractivity contribution < 1.29 is 107 Å². The van der Waals surface area contributed by atoms with Gasteiger partial charge in [0.05, 0.1) is 0 Å². The summed E-state index contributed by atoms with van der Waals surface area (Å²) in [6, 6.07) is 0. The van der Waals surface area contributed by atoms with Crippen molar-refractivity contribution in [2.45, 2.75) is 0 Å². The molecule has 0 aliphatic heterocycles. The second-order valence-corrected chi connectivity index (χ2v) is 4.02. The molecule has 0 N–H and O–H groups in total. The van der Waals surface area contributed by atoms with Gasteiger partial charge in [0, 0.05) is 18.6 Å². The molecule has 0 saturated heterocycles. The Kier molecular flexibility index (Phi) is 30.8. The van der Waals surface area contributed by atoms with E-state index in [1.54, 1.807) is 0 Å². The van der Waals surface area contributed by atoms with Gasteiger partial charge in [-0.15, -0.1) is 0 Å². The van der Waals surface area contributed by atoms with E-state index in [1.807, 2.05) is 0 Å². The van der Waals surface area contributed by atoms with E-state index in [0.717, 1.165) is 0 Å². The van der Waals surface area contributed by atoms with Gasteiger partial charge in [0.25, 0.3) is 0 Å². The number of hydrogen-bond donors (Lipinski definition) is 0. The third-order valence-electron chi connectivity index (χ3n) is 0. The largest absolute Gasteiger partial charge is 4.00 e. The van der Waals surface area contributed by atoms with E-state index in [2.05, 4.69) is 0 Å². The van der Waals surface area contributed by atoms with Crippen LogP contribution in [0.4, 0.5) is 4.70 Å². The quantitative estimate of drug-likeness (QED) is 0.314. The Morgan fingerprint density at radius 1 is 0.500 bits per heavy atom. The van der Waals surface area contributed by atoms with Crippen LogP contribution in [0.3, 0.4) is 0 Å². The van der Waals surface area contributed by atoms with Crippen molar-refractivity contribution >= 4 is 23.5 Å². The van der Waals surface area contributed by atoms with Crippen molar-refractivity contribution in [1.29, 1.82) is 0 Å². The first kappa shape index (κ1) is 36.7. The summed E-state index contributed by atoms with van der Waals surface area (Å²) in [4.78, 5) is 76.9. The summed E-state index contributed by atoms with van der Waals surface area (Å²) in [7, 11) is -16.2. The van der Waals surface area contributed by atoms with Crippen molar-refractivity contribution in [3.05, 3.63) is 0 Å². The third-order valence-corrected chi connectivity index (χ3v) is 0. The molecule has 0 unspecified atom stereocenters. The summed E-state index contributed by atoms with van der Waals surface area (Å²) in [5, 5.41) is 0. The molecule has 0 bridgehead atoms. The minimum absolute atomic E-state index is 0. The van der Waals surface area contributed by atoms with Crippen LogP contribution in [0.2, 0.25) is 0 Å². The van der Waals surface area contributed by atoms with E-state index < -0.39 is 23.5 Å². The molecular weight excluding hydrogens is 446 g/mol. The van der Waals surface area contributed by atoms with Crippen LogP contribution in [0.15, 0.2) is 0 Å². The molecule has 0 heterocycles. The van der Waals surface area contributed by atoms with Crippen molar-refractivity contribution in [2.75, 3.05) is 0 Å². The molecule has 0 fully saturated rings. The Morgan fingerprint density at radius 2 is 0.500 bits per heavy atom. The van der Waals surface area contributed by atoms with Crippen molar-refractivity contribution in [3.63, 3.8) is 0 Å². The molecule has 0 aliphatic carbocycles. The van der Waals surface area contributed by atoms with E-state index in [1.165, 1.54) is 0 Å². The molecule has 0 aromatic heterocycles. The second kappa shape index (κ2) is 15.1. The molecule has 0 aromatic rings. The maximum atomic E-state index is 8.55. The fourth-order valence-corrected chi connectivity index (χ4v) is 0. The minimum Gasteiger partial charge on any atom is -0.822 e. The number of hydrogen-bond acceptors (Lipinski definition) is 12. The Hall–Kier alpha value is 1.73. The topological polar surface area (TPSA) is 259 Å². The first-order valence-electron chi connectivity index (χ1n) is 2.19. The summed E-state index contributed by atoms with van der Waals surface area (Å²) in [5.41, 5.74) is 0. The van der Waals surface area contributed by atoms with Gasteiger partial charge in [0.1, 0.15) is 0 Å². The summed E-state index contributed by atoms with van der Waals surface area (Å²) >= 11 is 0. The monoisotopic (exact) mass is 446 g/mol. The average Bonchev–Trinajstić information content (AvgIpc) is 1.41. The molecule has 0 spiro atoms. The summed E-state index contributed by atoms with van der Waals surface area (Å²) < 4.78 is 25.6. The van der Waals surface area contributed by atoms with Gasteiger partial charge in [-0.2, -0.15) is 23.5 Å². The van der Waals surface area contributed by atoms with Crippen LogP contribution < -0.4 is 44.0 Å². The fourth-order valence-electron chi connectivity index (χ4n) is 0. The summed E-state index contributed by atoms with van der Waals surface area (Å²) in [6.07, 6.45) is 0. The van der Waals surface area contributed by atoms with Gasteiger partial charge < -0.3 is 57.7 Å². The third kappa shape index (κ3) is 1660. The summed E-state index contributed by atoms with van der Waals surface area (Å²) in [5.74, 6) is 0. The molecule has 0 saturated carbocycles. The molecule has 0 amide bonds. The Labute approximate surface area is 130 Å². The predicted molar refractivity (Wildman–Crippen MR) is 25.3 cm³/mol. The van der Waals surface area contributed by atoms with Gasteiger partial charge in [0.2, 0.25) is 0 Å². The average molecular weight is 447 g/mol. The molecule has 0 aromatic carbocycles. The molecule has 109 valence electrons. The van der Waals surface area contributed by atoms with Crippen LogP contribution in [0.5, 0.6) is 0 Å². The van der Waals surface area contributed by atoms with Crippen LogP contribution in [0.1, 0.15) is 0 Å². The van der Waals surface area contributed by atoms with Gasteiger partial charge in [-0.05, 0) is 0 Å². The van der Waals surface area contributed by atoms with E-state index in [9.17, 15) is 0 Å². The van der Waals surface area contributed by atoms with Gasteiger partial charge >= 0.3 is 26.2 Å². The summed E-state index contributed by atoms with van der Waals surface area (Å²) in [6.45, 7) is 0. The first-order valence-corrected chi connectivity index (χ1v) is 6.57. The van der Waals surface area contributed by atoms with Crippen molar-refractivity contribution in [1.82, 2.24) is 0 Å². The van der Waals surface area contributed by atoms with Crippen LogP contribution in [-0.4, -0.2) is 0 Å². The molecule has 18 heteroatoms. The fraction of sp³-hybridized carbons (Fsp3) is 0. The molecular formula is HFO12P3VZr-5. The SMILES string of the molecule is F.O=P([O-])([O-])[O-].O=P([O-])([O-])[O-].O=P([O-])([O-])[O-].[V].[Zr+4]. The number of rotatable bonds is 0. The van der Waals surface area contributed by atoms with Crippen molar-refractivity contribution in [3.8, 4) is 0 Å². The Balaban J connectivity index is -0.0000000277. The molecule has 0 aliphatic rings. The van der Waals surface area contributed by atoms with Crippen molar-refractivity contribution in [2.24, 2.45) is 0 Å². The van der Waals surface area contributed by atoms with Crippen LogP contribution in [-0.2, 0) is 58.5 Å². The Bertz CT molecular complexity index is 213. The standard InChI is InChI=1S/FH.3H3O4P.V.Zr/c;3*1-5(2,3)4;;/h1H;3*(H3,1,2,3,4);;/q;;;;;+4/p-9. The van der Waals surface area contributed by atoms with Gasteiger partial charge in [-0.3, -0.25) is 4.70 Å². The first-order chi connectivity index (χ1) is 6.00. The molecule has 1 radical (unpaired) electrons. The van der Waals surface area contributed by atoms with Crippen LogP contribution >= 0.6 is 23.5 Å². The molecule has 18 heavy (non-hydrogen) atoms. The van der Waals surface area contributed by atoms with Gasteiger partial charge in [0.15, 0.2) is 0 Å². The number of phosphoric acid groups is 3. The van der Waals surface area contributed by atoms with Crippen LogP contribution in [0, 0.1) is 0 Å². The minimum atomic E-state index is -5.39.